The molecule has 1 aliphatic rings. The molecule has 0 saturated carbocycles. The average molecular weight is 373 g/mol. The molecule has 0 bridgehead atoms. The van der Waals surface area contributed by atoms with Crippen LogP contribution in [0, 0.1) is 0 Å². The summed E-state index contributed by atoms with van der Waals surface area (Å²) in [6.45, 7) is 1.18. The van der Waals surface area contributed by atoms with E-state index in [1.807, 2.05) is 12.1 Å². The van der Waals surface area contributed by atoms with Gasteiger partial charge < -0.3 is 15.0 Å². The molecule has 0 aromatic heterocycles. The molecule has 136 valence electrons. The molecular formula is C20H21ClN2O3. The maximum Gasteiger partial charge on any atom is 0.257 e. The predicted molar refractivity (Wildman–Crippen MR) is 101 cm³/mol. The van der Waals surface area contributed by atoms with Crippen molar-refractivity contribution in [3.8, 4) is 5.75 Å². The van der Waals surface area contributed by atoms with Gasteiger partial charge in [-0.3, -0.25) is 9.59 Å². The maximum atomic E-state index is 12.7. The van der Waals surface area contributed by atoms with Gasteiger partial charge in [0, 0.05) is 19.1 Å². The van der Waals surface area contributed by atoms with Crippen molar-refractivity contribution < 1.29 is 14.3 Å². The molecule has 2 amide bonds. The Balaban J connectivity index is 1.58. The first-order valence-electron chi connectivity index (χ1n) is 8.58. The lowest BCUT2D eigenvalue weighted by Gasteiger charge is -2.32. The number of rotatable bonds is 4. The van der Waals surface area contributed by atoms with Gasteiger partial charge in [0.25, 0.3) is 11.8 Å². The minimum absolute atomic E-state index is 0.0282. The molecule has 0 atom stereocenters. The van der Waals surface area contributed by atoms with Gasteiger partial charge in [0.05, 0.1) is 23.3 Å². The third kappa shape index (κ3) is 3.99. The summed E-state index contributed by atoms with van der Waals surface area (Å²) >= 11 is 6.07. The fourth-order valence-electron chi connectivity index (χ4n) is 3.13. The predicted octanol–water partition coefficient (Wildman–Crippen LogP) is 3.38. The zero-order valence-electron chi connectivity index (χ0n) is 14.6. The summed E-state index contributed by atoms with van der Waals surface area (Å²) < 4.78 is 5.27. The van der Waals surface area contributed by atoms with E-state index in [9.17, 15) is 9.59 Å². The molecule has 1 N–H and O–H groups in total. The maximum absolute atomic E-state index is 12.7. The third-order valence-electron chi connectivity index (χ3n) is 4.57. The molecule has 0 aliphatic carbocycles. The van der Waals surface area contributed by atoms with Crippen LogP contribution in [0.3, 0.4) is 0 Å². The SMILES string of the molecule is COc1ccccc1C(=O)N1CCC(NC(=O)c2ccccc2Cl)CC1. The van der Waals surface area contributed by atoms with E-state index in [4.69, 9.17) is 16.3 Å². The number of methoxy groups -OCH3 is 1. The molecule has 6 heteroatoms. The first kappa shape index (κ1) is 18.3. The molecule has 1 fully saturated rings. The molecule has 1 heterocycles. The Morgan fingerprint density at radius 1 is 1.04 bits per heavy atom. The lowest BCUT2D eigenvalue weighted by molar-refractivity contribution is 0.0695. The van der Waals surface area contributed by atoms with E-state index in [2.05, 4.69) is 5.32 Å². The number of hydrogen-bond acceptors (Lipinski definition) is 3. The summed E-state index contributed by atoms with van der Waals surface area (Å²) in [5.41, 5.74) is 1.04. The largest absolute Gasteiger partial charge is 0.496 e. The van der Waals surface area contributed by atoms with Crippen molar-refractivity contribution in [2.75, 3.05) is 20.2 Å². The second-order valence-corrected chi connectivity index (χ2v) is 6.63. The Kier molecular flexibility index (Phi) is 5.78. The Labute approximate surface area is 157 Å². The highest BCUT2D eigenvalue weighted by Gasteiger charge is 2.26. The first-order valence-corrected chi connectivity index (χ1v) is 8.95. The average Bonchev–Trinajstić information content (AvgIpc) is 2.68. The molecule has 0 radical (unpaired) electrons. The van der Waals surface area contributed by atoms with E-state index in [0.29, 0.717) is 47.8 Å². The van der Waals surface area contributed by atoms with Crippen LogP contribution in [-0.2, 0) is 0 Å². The van der Waals surface area contributed by atoms with Crippen LogP contribution >= 0.6 is 11.6 Å². The van der Waals surface area contributed by atoms with Crippen molar-refractivity contribution in [3.63, 3.8) is 0 Å². The van der Waals surface area contributed by atoms with Gasteiger partial charge >= 0.3 is 0 Å². The number of benzene rings is 2. The Morgan fingerprint density at radius 2 is 1.65 bits per heavy atom. The van der Waals surface area contributed by atoms with Gasteiger partial charge in [-0.2, -0.15) is 0 Å². The number of ether oxygens (including phenoxy) is 1. The second kappa shape index (κ2) is 8.23. The van der Waals surface area contributed by atoms with Gasteiger partial charge in [0.2, 0.25) is 0 Å². The number of nitrogens with zero attached hydrogens (tertiary/aromatic N) is 1. The van der Waals surface area contributed by atoms with Crippen molar-refractivity contribution in [2.24, 2.45) is 0 Å². The molecule has 1 aliphatic heterocycles. The molecular weight excluding hydrogens is 352 g/mol. The Hall–Kier alpha value is -2.53. The quantitative estimate of drug-likeness (QED) is 0.895. The van der Waals surface area contributed by atoms with Crippen LogP contribution in [0.25, 0.3) is 0 Å². The minimum Gasteiger partial charge on any atom is -0.496 e. The standard InChI is InChI=1S/C20H21ClN2O3/c1-26-18-9-5-3-7-16(18)20(25)23-12-10-14(11-13-23)22-19(24)15-6-2-4-8-17(15)21/h2-9,14H,10-13H2,1H3,(H,22,24). The van der Waals surface area contributed by atoms with Gasteiger partial charge in [-0.1, -0.05) is 35.9 Å². The molecule has 0 spiro atoms. The van der Waals surface area contributed by atoms with Gasteiger partial charge in [0.15, 0.2) is 0 Å². The van der Waals surface area contributed by atoms with E-state index in [0.717, 1.165) is 0 Å². The lowest BCUT2D eigenvalue weighted by atomic mass is 10.0. The van der Waals surface area contributed by atoms with Gasteiger partial charge in [0.1, 0.15) is 5.75 Å². The number of carbonyl (C=O) groups is 2. The van der Waals surface area contributed by atoms with E-state index in [1.54, 1.807) is 48.4 Å². The number of nitrogens with one attached hydrogen (secondary N) is 1. The number of carbonyl (C=O) groups excluding carboxylic acids is 2. The molecule has 5 nitrogen and oxygen atoms in total. The van der Waals surface area contributed by atoms with E-state index < -0.39 is 0 Å². The highest BCUT2D eigenvalue weighted by Crippen LogP contribution is 2.22. The van der Waals surface area contributed by atoms with E-state index >= 15 is 0 Å². The van der Waals surface area contributed by atoms with Crippen LogP contribution < -0.4 is 10.1 Å². The summed E-state index contributed by atoms with van der Waals surface area (Å²) in [4.78, 5) is 26.9. The number of para-hydroxylation sites is 1. The molecule has 2 aromatic rings. The number of halogens is 1. The number of hydrogen-bond donors (Lipinski definition) is 1. The number of amides is 2. The molecule has 26 heavy (non-hydrogen) atoms. The smallest absolute Gasteiger partial charge is 0.257 e. The van der Waals surface area contributed by atoms with Crippen LogP contribution in [0.1, 0.15) is 33.6 Å². The van der Waals surface area contributed by atoms with Crippen LogP contribution in [0.4, 0.5) is 0 Å². The van der Waals surface area contributed by atoms with Gasteiger partial charge in [-0.25, -0.2) is 0 Å². The normalized spacial score (nSPS) is 14.8. The number of likely N-dealkylation sites (tertiary alicyclic amines) is 1. The van der Waals surface area contributed by atoms with Gasteiger partial charge in [-0.05, 0) is 37.1 Å². The Bertz CT molecular complexity index is 801. The van der Waals surface area contributed by atoms with Crippen molar-refractivity contribution in [3.05, 3.63) is 64.7 Å². The molecule has 3 rings (SSSR count). The fraction of sp³-hybridized carbons (Fsp3) is 0.300. The summed E-state index contributed by atoms with van der Waals surface area (Å²) in [5.74, 6) is 0.357. The summed E-state index contributed by atoms with van der Waals surface area (Å²) in [6, 6.07) is 14.2. The highest BCUT2D eigenvalue weighted by atomic mass is 35.5. The monoisotopic (exact) mass is 372 g/mol. The molecule has 2 aromatic carbocycles. The summed E-state index contributed by atoms with van der Waals surface area (Å²) in [5, 5.41) is 3.45. The van der Waals surface area contributed by atoms with Crippen molar-refractivity contribution in [1.82, 2.24) is 10.2 Å². The lowest BCUT2D eigenvalue weighted by Crippen LogP contribution is -2.46. The minimum atomic E-state index is -0.176. The third-order valence-corrected chi connectivity index (χ3v) is 4.90. The van der Waals surface area contributed by atoms with Crippen molar-refractivity contribution in [1.29, 1.82) is 0 Å². The van der Waals surface area contributed by atoms with Crippen LogP contribution in [0.5, 0.6) is 5.75 Å². The van der Waals surface area contributed by atoms with Crippen LogP contribution in [-0.4, -0.2) is 43.0 Å². The second-order valence-electron chi connectivity index (χ2n) is 6.22. The molecule has 1 saturated heterocycles. The first-order chi connectivity index (χ1) is 12.6. The van der Waals surface area contributed by atoms with Crippen molar-refractivity contribution in [2.45, 2.75) is 18.9 Å². The zero-order valence-corrected chi connectivity index (χ0v) is 15.3. The highest BCUT2D eigenvalue weighted by molar-refractivity contribution is 6.33. The van der Waals surface area contributed by atoms with E-state index in [1.165, 1.54) is 0 Å². The zero-order chi connectivity index (χ0) is 18.5. The van der Waals surface area contributed by atoms with Crippen LogP contribution in [0.2, 0.25) is 5.02 Å². The van der Waals surface area contributed by atoms with Gasteiger partial charge in [-0.15, -0.1) is 0 Å². The fourth-order valence-corrected chi connectivity index (χ4v) is 3.35. The summed E-state index contributed by atoms with van der Waals surface area (Å²) in [6.07, 6.45) is 1.41. The molecule has 0 unspecified atom stereocenters. The summed E-state index contributed by atoms with van der Waals surface area (Å²) in [7, 11) is 1.56. The number of piperidine rings is 1. The topological polar surface area (TPSA) is 58.6 Å². The van der Waals surface area contributed by atoms with E-state index in [-0.39, 0.29) is 17.9 Å². The van der Waals surface area contributed by atoms with Crippen LogP contribution in [0.15, 0.2) is 48.5 Å². The van der Waals surface area contributed by atoms with Crippen molar-refractivity contribution >= 4 is 23.4 Å². The Morgan fingerprint density at radius 3 is 2.31 bits per heavy atom.